The van der Waals surface area contributed by atoms with E-state index in [1.165, 1.54) is 18.2 Å². The number of ether oxygens (including phenoxy) is 2. The monoisotopic (exact) mass is 401 g/mol. The number of fused-ring (bicyclic) bond motifs is 2. The molecule has 1 amide bonds. The first-order chi connectivity index (χ1) is 14.7. The maximum absolute atomic E-state index is 13.4. The Bertz CT molecular complexity index is 1280. The van der Waals surface area contributed by atoms with Gasteiger partial charge in [-0.05, 0) is 42.5 Å². The lowest BCUT2D eigenvalue weighted by Crippen LogP contribution is -2.15. The summed E-state index contributed by atoms with van der Waals surface area (Å²) in [5.74, 6) is 0.404. The van der Waals surface area contributed by atoms with E-state index in [2.05, 4.69) is 10.3 Å². The van der Waals surface area contributed by atoms with Crippen LogP contribution in [0.1, 0.15) is 10.4 Å². The first-order valence-electron chi connectivity index (χ1n) is 9.41. The third-order valence-electron chi connectivity index (χ3n) is 4.76. The van der Waals surface area contributed by atoms with Crippen LogP contribution in [-0.4, -0.2) is 29.1 Å². The lowest BCUT2D eigenvalue weighted by Gasteiger charge is -2.19. The van der Waals surface area contributed by atoms with Gasteiger partial charge in [0.1, 0.15) is 19.0 Å². The number of nitrogens with zero attached hydrogens (tertiary/aromatic N) is 2. The number of carbonyl (C=O) groups excluding carboxylic acids is 1. The van der Waals surface area contributed by atoms with Crippen LogP contribution in [-0.2, 0) is 0 Å². The third-order valence-corrected chi connectivity index (χ3v) is 4.76. The minimum atomic E-state index is -0.663. The van der Waals surface area contributed by atoms with Crippen molar-refractivity contribution in [1.29, 1.82) is 0 Å². The van der Waals surface area contributed by atoms with Gasteiger partial charge in [0.25, 0.3) is 5.91 Å². The molecule has 2 aromatic carbocycles. The summed E-state index contributed by atoms with van der Waals surface area (Å²) in [5.41, 5.74) is 2.49. The van der Waals surface area contributed by atoms with Crippen LogP contribution >= 0.6 is 0 Å². The Kier molecular flexibility index (Phi) is 4.48. The lowest BCUT2D eigenvalue weighted by atomic mass is 10.0. The van der Waals surface area contributed by atoms with Gasteiger partial charge in [-0.3, -0.25) is 4.79 Å². The number of aromatic nitrogens is 2. The molecule has 0 bridgehead atoms. The Hall–Kier alpha value is -4.00. The summed E-state index contributed by atoms with van der Waals surface area (Å²) in [4.78, 5) is 21.4. The van der Waals surface area contributed by atoms with E-state index in [0.717, 1.165) is 5.56 Å². The maximum Gasteiger partial charge on any atom is 0.257 e. The Morgan fingerprint density at radius 1 is 0.900 bits per heavy atom. The summed E-state index contributed by atoms with van der Waals surface area (Å²) in [6, 6.07) is 18.9. The van der Waals surface area contributed by atoms with Crippen molar-refractivity contribution < 1.29 is 18.7 Å². The molecular formula is C23H16FN3O3. The predicted molar refractivity (Wildman–Crippen MR) is 110 cm³/mol. The van der Waals surface area contributed by atoms with Gasteiger partial charge in [-0.1, -0.05) is 24.3 Å². The van der Waals surface area contributed by atoms with E-state index in [1.54, 1.807) is 6.07 Å². The number of benzene rings is 2. The summed E-state index contributed by atoms with van der Waals surface area (Å²) in [6.45, 7) is 0.995. The van der Waals surface area contributed by atoms with Crippen LogP contribution in [0.4, 0.5) is 10.2 Å². The first kappa shape index (κ1) is 18.1. The van der Waals surface area contributed by atoms with Crippen molar-refractivity contribution in [2.24, 2.45) is 0 Å². The predicted octanol–water partition coefficient (Wildman–Crippen LogP) is 4.46. The van der Waals surface area contributed by atoms with E-state index in [-0.39, 0.29) is 5.82 Å². The van der Waals surface area contributed by atoms with Gasteiger partial charge in [-0.25, -0.2) is 9.97 Å². The molecule has 0 aliphatic carbocycles. The van der Waals surface area contributed by atoms with Crippen molar-refractivity contribution in [2.75, 3.05) is 18.5 Å². The second-order valence-corrected chi connectivity index (χ2v) is 6.73. The van der Waals surface area contributed by atoms with Crippen molar-refractivity contribution in [3.05, 3.63) is 78.2 Å². The average molecular weight is 401 g/mol. The smallest absolute Gasteiger partial charge is 0.257 e. The summed E-state index contributed by atoms with van der Waals surface area (Å²) in [6.07, 6.45) is 0. The molecule has 0 saturated carbocycles. The van der Waals surface area contributed by atoms with E-state index in [0.29, 0.717) is 46.9 Å². The summed E-state index contributed by atoms with van der Waals surface area (Å²) < 4.78 is 24.6. The van der Waals surface area contributed by atoms with Crippen molar-refractivity contribution in [2.45, 2.75) is 0 Å². The minimum Gasteiger partial charge on any atom is -0.486 e. The highest BCUT2D eigenvalue weighted by molar-refractivity contribution is 6.12. The highest BCUT2D eigenvalue weighted by atomic mass is 19.1. The fourth-order valence-electron chi connectivity index (χ4n) is 3.38. The van der Waals surface area contributed by atoms with Crippen molar-refractivity contribution >= 4 is 22.6 Å². The molecule has 0 fully saturated rings. The van der Waals surface area contributed by atoms with Crippen LogP contribution in [0.25, 0.3) is 22.2 Å². The van der Waals surface area contributed by atoms with Gasteiger partial charge in [-0.2, -0.15) is 4.39 Å². The Balaban J connectivity index is 1.59. The zero-order valence-corrected chi connectivity index (χ0v) is 15.8. The molecule has 1 aliphatic rings. The van der Waals surface area contributed by atoms with Gasteiger partial charge < -0.3 is 14.8 Å². The van der Waals surface area contributed by atoms with Crippen LogP contribution in [0.15, 0.2) is 66.7 Å². The largest absolute Gasteiger partial charge is 0.486 e. The molecule has 1 N–H and O–H groups in total. The Morgan fingerprint density at radius 2 is 1.73 bits per heavy atom. The van der Waals surface area contributed by atoms with Gasteiger partial charge in [-0.15, -0.1) is 0 Å². The molecule has 0 radical (unpaired) electrons. The molecule has 1 aliphatic heterocycles. The number of amides is 1. The zero-order chi connectivity index (χ0) is 20.5. The first-order valence-corrected chi connectivity index (χ1v) is 9.41. The second kappa shape index (κ2) is 7.44. The molecule has 6 nitrogen and oxygen atoms in total. The molecule has 0 atom stereocenters. The van der Waals surface area contributed by atoms with Crippen LogP contribution in [0, 0.1) is 5.95 Å². The number of halogens is 1. The second-order valence-electron chi connectivity index (χ2n) is 6.73. The molecule has 5 rings (SSSR count). The zero-order valence-electron chi connectivity index (χ0n) is 15.8. The van der Waals surface area contributed by atoms with E-state index in [1.807, 2.05) is 42.5 Å². The van der Waals surface area contributed by atoms with Crippen molar-refractivity contribution in [1.82, 2.24) is 9.97 Å². The van der Waals surface area contributed by atoms with Gasteiger partial charge in [0.05, 0.1) is 16.8 Å². The fraction of sp³-hybridized carbons (Fsp3) is 0.0870. The highest BCUT2D eigenvalue weighted by Gasteiger charge is 2.17. The summed E-state index contributed by atoms with van der Waals surface area (Å²) >= 11 is 0. The lowest BCUT2D eigenvalue weighted by molar-refractivity contribution is 0.102. The number of carbonyl (C=O) groups is 1. The van der Waals surface area contributed by atoms with E-state index >= 15 is 0 Å². The Morgan fingerprint density at radius 3 is 2.60 bits per heavy atom. The van der Waals surface area contributed by atoms with E-state index in [4.69, 9.17) is 14.5 Å². The molecule has 0 saturated heterocycles. The van der Waals surface area contributed by atoms with Crippen LogP contribution in [0.2, 0.25) is 0 Å². The summed E-state index contributed by atoms with van der Waals surface area (Å²) in [5, 5.41) is 3.34. The standard InChI is InChI=1S/C23H16FN3O3/c24-21-6-3-7-22(26-21)27-23(28)16-13-18(25-17-5-2-1-4-15(16)17)14-8-9-19-20(12-14)30-11-10-29-19/h1-9,12-13H,10-11H2,(H,26,27,28). The molecule has 148 valence electrons. The molecule has 2 aromatic heterocycles. The number of rotatable bonds is 3. The number of anilines is 1. The molecule has 4 aromatic rings. The van der Waals surface area contributed by atoms with E-state index in [9.17, 15) is 9.18 Å². The maximum atomic E-state index is 13.4. The minimum absolute atomic E-state index is 0.141. The number of hydrogen-bond acceptors (Lipinski definition) is 5. The Labute approximate surface area is 171 Å². The molecule has 30 heavy (non-hydrogen) atoms. The number of pyridine rings is 2. The van der Waals surface area contributed by atoms with Crippen LogP contribution < -0.4 is 14.8 Å². The van der Waals surface area contributed by atoms with Gasteiger partial charge in [0.2, 0.25) is 5.95 Å². The van der Waals surface area contributed by atoms with Gasteiger partial charge in [0.15, 0.2) is 11.5 Å². The van der Waals surface area contributed by atoms with Crippen molar-refractivity contribution in [3.8, 4) is 22.8 Å². The molecule has 7 heteroatoms. The SMILES string of the molecule is O=C(Nc1cccc(F)n1)c1cc(-c2ccc3c(c2)OCCO3)nc2ccccc12. The number of nitrogens with one attached hydrogen (secondary N) is 1. The summed E-state index contributed by atoms with van der Waals surface area (Å²) in [7, 11) is 0. The third kappa shape index (κ3) is 3.41. The molecule has 0 spiro atoms. The topological polar surface area (TPSA) is 73.3 Å². The van der Waals surface area contributed by atoms with Crippen LogP contribution in [0.5, 0.6) is 11.5 Å². The van der Waals surface area contributed by atoms with Gasteiger partial charge >= 0.3 is 0 Å². The quantitative estimate of drug-likeness (QED) is 0.513. The molecular weight excluding hydrogens is 385 g/mol. The van der Waals surface area contributed by atoms with Crippen LogP contribution in [0.3, 0.4) is 0 Å². The molecule has 3 heterocycles. The normalized spacial score (nSPS) is 12.6. The number of hydrogen-bond donors (Lipinski definition) is 1. The average Bonchev–Trinajstić information content (AvgIpc) is 2.78. The van der Waals surface area contributed by atoms with Crippen molar-refractivity contribution in [3.63, 3.8) is 0 Å². The highest BCUT2D eigenvalue weighted by Crippen LogP contribution is 2.35. The van der Waals surface area contributed by atoms with Gasteiger partial charge in [0, 0.05) is 10.9 Å². The number of para-hydroxylation sites is 1. The van der Waals surface area contributed by atoms with E-state index < -0.39 is 11.9 Å². The fourth-order valence-corrected chi connectivity index (χ4v) is 3.38. The molecule has 0 unspecified atom stereocenters.